The summed E-state index contributed by atoms with van der Waals surface area (Å²) in [5, 5.41) is 15.5. The van der Waals surface area contributed by atoms with Gasteiger partial charge in [0.05, 0.1) is 6.61 Å². The number of aliphatic hydroxyl groups excluding tert-OH is 1. The standard InChI is InChI=1S/C17H26N2O2/c1-13(16-6-3-7-18-11-16)8-17(21)19-10-14-4-2-5-15(9-14)12-20/h2,4-5,9,13,16,18,20H,3,6-8,10-12H2,1H3,(H,19,21). The zero-order chi connectivity index (χ0) is 15.1. The highest BCUT2D eigenvalue weighted by Gasteiger charge is 2.21. The molecule has 1 heterocycles. The van der Waals surface area contributed by atoms with E-state index >= 15 is 0 Å². The molecule has 2 atom stereocenters. The van der Waals surface area contributed by atoms with Gasteiger partial charge in [0.25, 0.3) is 0 Å². The second kappa shape index (κ2) is 8.15. The van der Waals surface area contributed by atoms with Crippen molar-refractivity contribution in [1.82, 2.24) is 10.6 Å². The minimum Gasteiger partial charge on any atom is -0.392 e. The smallest absolute Gasteiger partial charge is 0.220 e. The van der Waals surface area contributed by atoms with E-state index in [9.17, 15) is 4.79 Å². The van der Waals surface area contributed by atoms with Crippen LogP contribution in [0.5, 0.6) is 0 Å². The lowest BCUT2D eigenvalue weighted by Crippen LogP contribution is -2.35. The van der Waals surface area contributed by atoms with Gasteiger partial charge in [-0.1, -0.05) is 31.2 Å². The summed E-state index contributed by atoms with van der Waals surface area (Å²) in [5.41, 5.74) is 1.91. The van der Waals surface area contributed by atoms with Gasteiger partial charge in [-0.3, -0.25) is 4.79 Å². The molecule has 1 aromatic carbocycles. The summed E-state index contributed by atoms with van der Waals surface area (Å²) in [6, 6.07) is 7.68. The number of hydrogen-bond acceptors (Lipinski definition) is 3. The Kier molecular flexibility index (Phi) is 6.21. The number of carbonyl (C=O) groups is 1. The van der Waals surface area contributed by atoms with Crippen molar-refractivity contribution >= 4 is 5.91 Å². The van der Waals surface area contributed by atoms with Crippen molar-refractivity contribution in [3.8, 4) is 0 Å². The summed E-state index contributed by atoms with van der Waals surface area (Å²) in [4.78, 5) is 12.0. The molecule has 1 aromatic rings. The van der Waals surface area contributed by atoms with Crippen LogP contribution in [0.4, 0.5) is 0 Å². The van der Waals surface area contributed by atoms with E-state index in [1.54, 1.807) is 0 Å². The van der Waals surface area contributed by atoms with Crippen LogP contribution in [-0.2, 0) is 17.9 Å². The lowest BCUT2D eigenvalue weighted by atomic mass is 9.85. The number of nitrogens with one attached hydrogen (secondary N) is 2. The number of piperidine rings is 1. The van der Waals surface area contributed by atoms with E-state index in [1.165, 1.54) is 12.8 Å². The molecule has 2 unspecified atom stereocenters. The molecule has 1 aliphatic heterocycles. The number of aliphatic hydroxyl groups is 1. The van der Waals surface area contributed by atoms with Crippen LogP contribution >= 0.6 is 0 Å². The lowest BCUT2D eigenvalue weighted by molar-refractivity contribution is -0.122. The molecule has 3 N–H and O–H groups in total. The van der Waals surface area contributed by atoms with Crippen LogP contribution in [-0.4, -0.2) is 24.1 Å². The van der Waals surface area contributed by atoms with Gasteiger partial charge in [0.2, 0.25) is 5.91 Å². The average Bonchev–Trinajstić information content (AvgIpc) is 2.54. The summed E-state index contributed by atoms with van der Waals surface area (Å²) in [6.45, 7) is 4.88. The Bertz CT molecular complexity index is 456. The third-order valence-corrected chi connectivity index (χ3v) is 4.31. The molecule has 1 fully saturated rings. The zero-order valence-electron chi connectivity index (χ0n) is 12.8. The van der Waals surface area contributed by atoms with Crippen LogP contribution in [0.1, 0.15) is 37.3 Å². The Balaban J connectivity index is 1.75. The Morgan fingerprint density at radius 3 is 3.00 bits per heavy atom. The minimum absolute atomic E-state index is 0.0352. The molecular weight excluding hydrogens is 264 g/mol. The molecule has 116 valence electrons. The largest absolute Gasteiger partial charge is 0.392 e. The van der Waals surface area contributed by atoms with Crippen LogP contribution in [0.15, 0.2) is 24.3 Å². The van der Waals surface area contributed by atoms with Crippen molar-refractivity contribution in [1.29, 1.82) is 0 Å². The molecule has 0 spiro atoms. The van der Waals surface area contributed by atoms with Crippen molar-refractivity contribution in [2.75, 3.05) is 13.1 Å². The number of carbonyl (C=O) groups excluding carboxylic acids is 1. The van der Waals surface area contributed by atoms with Gasteiger partial charge >= 0.3 is 0 Å². The molecule has 0 bridgehead atoms. The summed E-state index contributed by atoms with van der Waals surface area (Å²) in [6.07, 6.45) is 3.02. The molecule has 0 aromatic heterocycles. The van der Waals surface area contributed by atoms with Gasteiger partial charge in [0.1, 0.15) is 0 Å². The molecule has 4 nitrogen and oxygen atoms in total. The molecule has 1 saturated heterocycles. The molecule has 1 amide bonds. The van der Waals surface area contributed by atoms with Gasteiger partial charge in [0.15, 0.2) is 0 Å². The van der Waals surface area contributed by atoms with Crippen LogP contribution in [0.3, 0.4) is 0 Å². The number of hydrogen-bond donors (Lipinski definition) is 3. The zero-order valence-corrected chi connectivity index (χ0v) is 12.8. The fourth-order valence-corrected chi connectivity index (χ4v) is 2.93. The predicted octanol–water partition coefficient (Wildman–Crippen LogP) is 1.82. The summed E-state index contributed by atoms with van der Waals surface area (Å²) in [7, 11) is 0. The van der Waals surface area contributed by atoms with Gasteiger partial charge in [-0.25, -0.2) is 0 Å². The maximum atomic E-state index is 12.0. The Labute approximate surface area is 126 Å². The van der Waals surface area contributed by atoms with E-state index in [4.69, 9.17) is 5.11 Å². The summed E-state index contributed by atoms with van der Waals surface area (Å²) >= 11 is 0. The fraction of sp³-hybridized carbons (Fsp3) is 0.588. The summed E-state index contributed by atoms with van der Waals surface area (Å²) in [5.74, 6) is 1.14. The molecular formula is C17H26N2O2. The average molecular weight is 290 g/mol. The van der Waals surface area contributed by atoms with Crippen LogP contribution < -0.4 is 10.6 Å². The van der Waals surface area contributed by atoms with Gasteiger partial charge < -0.3 is 15.7 Å². The minimum atomic E-state index is 0.0352. The first-order chi connectivity index (χ1) is 10.2. The van der Waals surface area contributed by atoms with E-state index in [1.807, 2.05) is 24.3 Å². The molecule has 0 aliphatic carbocycles. The number of rotatable bonds is 6. The Morgan fingerprint density at radius 2 is 2.29 bits per heavy atom. The van der Waals surface area contributed by atoms with Gasteiger partial charge in [-0.15, -0.1) is 0 Å². The van der Waals surface area contributed by atoms with Gasteiger partial charge in [0, 0.05) is 13.0 Å². The van der Waals surface area contributed by atoms with E-state index < -0.39 is 0 Å². The van der Waals surface area contributed by atoms with E-state index in [0.29, 0.717) is 24.8 Å². The fourth-order valence-electron chi connectivity index (χ4n) is 2.93. The first-order valence-electron chi connectivity index (χ1n) is 7.85. The van der Waals surface area contributed by atoms with E-state index in [0.717, 1.165) is 24.2 Å². The Morgan fingerprint density at radius 1 is 1.48 bits per heavy atom. The maximum Gasteiger partial charge on any atom is 0.220 e. The summed E-state index contributed by atoms with van der Waals surface area (Å²) < 4.78 is 0. The second-order valence-electron chi connectivity index (χ2n) is 6.04. The van der Waals surface area contributed by atoms with Crippen molar-refractivity contribution < 1.29 is 9.90 Å². The van der Waals surface area contributed by atoms with Gasteiger partial charge in [-0.05, 0) is 48.9 Å². The highest BCUT2D eigenvalue weighted by Crippen LogP contribution is 2.22. The highest BCUT2D eigenvalue weighted by atomic mass is 16.3. The van der Waals surface area contributed by atoms with Crippen LogP contribution in [0, 0.1) is 11.8 Å². The SMILES string of the molecule is CC(CC(=O)NCc1cccc(CO)c1)C1CCCNC1. The lowest BCUT2D eigenvalue weighted by Gasteiger charge is -2.28. The molecule has 4 heteroatoms. The molecule has 1 aliphatic rings. The van der Waals surface area contributed by atoms with E-state index in [-0.39, 0.29) is 12.5 Å². The van der Waals surface area contributed by atoms with E-state index in [2.05, 4.69) is 17.6 Å². The third kappa shape index (κ3) is 5.14. The topological polar surface area (TPSA) is 61.4 Å². The number of amides is 1. The molecule has 2 rings (SSSR count). The third-order valence-electron chi connectivity index (χ3n) is 4.31. The van der Waals surface area contributed by atoms with Crippen molar-refractivity contribution in [2.24, 2.45) is 11.8 Å². The first-order valence-corrected chi connectivity index (χ1v) is 7.85. The highest BCUT2D eigenvalue weighted by molar-refractivity contribution is 5.76. The van der Waals surface area contributed by atoms with Crippen molar-refractivity contribution in [3.63, 3.8) is 0 Å². The van der Waals surface area contributed by atoms with Crippen molar-refractivity contribution in [3.05, 3.63) is 35.4 Å². The molecule has 0 radical (unpaired) electrons. The Hall–Kier alpha value is -1.39. The van der Waals surface area contributed by atoms with Crippen molar-refractivity contribution in [2.45, 2.75) is 39.3 Å². The second-order valence-corrected chi connectivity index (χ2v) is 6.04. The van der Waals surface area contributed by atoms with Gasteiger partial charge in [-0.2, -0.15) is 0 Å². The first kappa shape index (κ1) is 16.0. The number of benzene rings is 1. The molecule has 0 saturated carbocycles. The predicted molar refractivity (Wildman–Crippen MR) is 83.6 cm³/mol. The normalized spacial score (nSPS) is 20.0. The van der Waals surface area contributed by atoms with Crippen LogP contribution in [0.2, 0.25) is 0 Å². The van der Waals surface area contributed by atoms with Crippen LogP contribution in [0.25, 0.3) is 0 Å². The molecule has 21 heavy (non-hydrogen) atoms. The maximum absolute atomic E-state index is 12.0. The quantitative estimate of drug-likeness (QED) is 0.749. The monoisotopic (exact) mass is 290 g/mol.